The van der Waals surface area contributed by atoms with Crippen molar-refractivity contribution in [2.24, 2.45) is 5.41 Å². The van der Waals surface area contributed by atoms with Crippen molar-refractivity contribution in [2.45, 2.75) is 26.2 Å². The number of anilines is 1. The molecule has 6 heteroatoms. The molecule has 0 aromatic carbocycles. The zero-order chi connectivity index (χ0) is 11.4. The predicted octanol–water partition coefficient (Wildman–Crippen LogP) is 0.950. The molecule has 1 amide bonds. The topological polar surface area (TPSA) is 79.9 Å². The van der Waals surface area contributed by atoms with Gasteiger partial charge in [0.25, 0.3) is 0 Å². The Hall–Kier alpha value is -1.43. The summed E-state index contributed by atoms with van der Waals surface area (Å²) in [6.07, 6.45) is 3.72. The first-order chi connectivity index (χ1) is 7.77. The summed E-state index contributed by atoms with van der Waals surface area (Å²) in [6.45, 7) is 3.33. The highest BCUT2D eigenvalue weighted by Gasteiger charge is 2.38. The summed E-state index contributed by atoms with van der Waals surface area (Å²) in [5.41, 5.74) is -0.314. The van der Waals surface area contributed by atoms with Gasteiger partial charge in [0.2, 0.25) is 11.9 Å². The van der Waals surface area contributed by atoms with Crippen molar-refractivity contribution in [1.29, 1.82) is 0 Å². The number of carbonyl (C=O) groups excluding carboxylic acids is 1. The molecule has 2 rings (SSSR count). The van der Waals surface area contributed by atoms with Crippen molar-refractivity contribution in [3.63, 3.8) is 0 Å². The maximum atomic E-state index is 12.2. The Kier molecular flexibility index (Phi) is 3.19. The summed E-state index contributed by atoms with van der Waals surface area (Å²) < 4.78 is 5.30. The summed E-state index contributed by atoms with van der Waals surface area (Å²) in [5, 5.41) is 9.08. The van der Waals surface area contributed by atoms with Gasteiger partial charge in [-0.05, 0) is 19.3 Å². The summed E-state index contributed by atoms with van der Waals surface area (Å²) in [4.78, 5) is 16.1. The third-order valence-corrected chi connectivity index (χ3v) is 3.26. The second-order valence-corrected chi connectivity index (χ2v) is 4.03. The monoisotopic (exact) mass is 224 g/mol. The third kappa shape index (κ3) is 2.06. The van der Waals surface area contributed by atoms with E-state index in [1.807, 2.05) is 6.92 Å². The molecule has 0 spiro atoms. The van der Waals surface area contributed by atoms with E-state index in [1.165, 1.54) is 6.33 Å². The largest absolute Gasteiger partial charge is 0.381 e. The molecule has 0 aliphatic carbocycles. The molecule has 1 saturated heterocycles. The smallest absolute Gasteiger partial charge is 0.233 e. The maximum Gasteiger partial charge on any atom is 0.233 e. The third-order valence-electron chi connectivity index (χ3n) is 3.26. The summed E-state index contributed by atoms with van der Waals surface area (Å²) in [5.74, 6) is 0.416. The van der Waals surface area contributed by atoms with Crippen molar-refractivity contribution >= 4 is 11.9 Å². The number of carbonyl (C=O) groups is 1. The second-order valence-electron chi connectivity index (χ2n) is 4.03. The summed E-state index contributed by atoms with van der Waals surface area (Å²) in [7, 11) is 0. The average molecular weight is 224 g/mol. The zero-order valence-electron chi connectivity index (χ0n) is 9.32. The van der Waals surface area contributed by atoms with Crippen molar-refractivity contribution in [3.8, 4) is 0 Å². The summed E-state index contributed by atoms with van der Waals surface area (Å²) >= 11 is 0. The lowest BCUT2D eigenvalue weighted by Crippen LogP contribution is -2.40. The molecule has 2 N–H and O–H groups in total. The maximum absolute atomic E-state index is 12.2. The normalized spacial score (nSPS) is 19.3. The number of nitrogens with zero attached hydrogens (tertiary/aromatic N) is 2. The number of hydrogen-bond acceptors (Lipinski definition) is 4. The van der Waals surface area contributed by atoms with Crippen LogP contribution in [0.2, 0.25) is 0 Å². The molecule has 1 aromatic rings. The van der Waals surface area contributed by atoms with Gasteiger partial charge in [-0.2, -0.15) is 10.1 Å². The highest BCUT2D eigenvalue weighted by atomic mass is 16.5. The Labute approximate surface area is 93.8 Å². The van der Waals surface area contributed by atoms with Crippen LogP contribution in [0.15, 0.2) is 6.33 Å². The molecule has 1 aromatic heterocycles. The van der Waals surface area contributed by atoms with Gasteiger partial charge in [-0.15, -0.1) is 0 Å². The lowest BCUT2D eigenvalue weighted by molar-refractivity contribution is -0.131. The van der Waals surface area contributed by atoms with E-state index in [4.69, 9.17) is 4.74 Å². The van der Waals surface area contributed by atoms with Gasteiger partial charge in [-0.1, -0.05) is 6.92 Å². The van der Waals surface area contributed by atoms with E-state index in [9.17, 15) is 4.79 Å². The van der Waals surface area contributed by atoms with Crippen LogP contribution in [0, 0.1) is 5.41 Å². The Morgan fingerprint density at radius 2 is 2.38 bits per heavy atom. The van der Waals surface area contributed by atoms with E-state index < -0.39 is 0 Å². The standard InChI is InChI=1S/C10H16N4O2/c1-2-10(3-5-16-6-4-10)8(15)13-9-11-7-12-14-9/h7H,2-6H2,1H3,(H2,11,12,13,14,15). The number of H-pyrrole nitrogens is 1. The number of ether oxygens (including phenoxy) is 1. The van der Waals surface area contributed by atoms with Crippen LogP contribution in [-0.2, 0) is 9.53 Å². The molecular weight excluding hydrogens is 208 g/mol. The van der Waals surface area contributed by atoms with Crippen LogP contribution in [0.4, 0.5) is 5.95 Å². The Morgan fingerprint density at radius 3 is 2.94 bits per heavy atom. The van der Waals surface area contributed by atoms with Crippen molar-refractivity contribution in [1.82, 2.24) is 15.2 Å². The van der Waals surface area contributed by atoms with Crippen LogP contribution in [0.3, 0.4) is 0 Å². The summed E-state index contributed by atoms with van der Waals surface area (Å²) in [6, 6.07) is 0. The van der Waals surface area contributed by atoms with Gasteiger partial charge in [-0.3, -0.25) is 10.1 Å². The number of hydrogen-bond donors (Lipinski definition) is 2. The number of aromatic nitrogens is 3. The number of rotatable bonds is 3. The van der Waals surface area contributed by atoms with E-state index in [0.29, 0.717) is 19.2 Å². The molecule has 6 nitrogen and oxygen atoms in total. The van der Waals surface area contributed by atoms with Gasteiger partial charge in [0.1, 0.15) is 6.33 Å². The molecular formula is C10H16N4O2. The molecule has 1 fully saturated rings. The van der Waals surface area contributed by atoms with E-state index in [-0.39, 0.29) is 11.3 Å². The predicted molar refractivity (Wildman–Crippen MR) is 57.8 cm³/mol. The molecule has 0 unspecified atom stereocenters. The van der Waals surface area contributed by atoms with E-state index in [1.54, 1.807) is 0 Å². The van der Waals surface area contributed by atoms with Crippen LogP contribution in [0.5, 0.6) is 0 Å². The van der Waals surface area contributed by atoms with Gasteiger partial charge >= 0.3 is 0 Å². The van der Waals surface area contributed by atoms with Crippen LogP contribution >= 0.6 is 0 Å². The first kappa shape index (κ1) is 11.1. The van der Waals surface area contributed by atoms with Gasteiger partial charge in [0.15, 0.2) is 0 Å². The molecule has 2 heterocycles. The fourth-order valence-electron chi connectivity index (χ4n) is 2.01. The van der Waals surface area contributed by atoms with E-state index in [0.717, 1.165) is 19.3 Å². The van der Waals surface area contributed by atoms with E-state index >= 15 is 0 Å². The molecule has 0 radical (unpaired) electrons. The van der Waals surface area contributed by atoms with Crippen molar-refractivity contribution < 1.29 is 9.53 Å². The number of amides is 1. The van der Waals surface area contributed by atoms with Crippen molar-refractivity contribution in [2.75, 3.05) is 18.5 Å². The highest BCUT2D eigenvalue weighted by molar-refractivity contribution is 5.93. The first-order valence-electron chi connectivity index (χ1n) is 5.51. The molecule has 0 bridgehead atoms. The SMILES string of the molecule is CCC1(C(=O)Nc2ncn[nH]2)CCOCC1. The van der Waals surface area contributed by atoms with Gasteiger partial charge < -0.3 is 4.74 Å². The molecule has 1 aliphatic rings. The van der Waals surface area contributed by atoms with Crippen LogP contribution in [0.25, 0.3) is 0 Å². The Morgan fingerprint density at radius 1 is 1.62 bits per heavy atom. The zero-order valence-corrected chi connectivity index (χ0v) is 9.32. The quantitative estimate of drug-likeness (QED) is 0.801. The number of nitrogens with one attached hydrogen (secondary N) is 2. The van der Waals surface area contributed by atoms with Crippen LogP contribution in [0.1, 0.15) is 26.2 Å². The van der Waals surface area contributed by atoms with Crippen LogP contribution in [-0.4, -0.2) is 34.3 Å². The Bertz CT molecular complexity index is 344. The minimum Gasteiger partial charge on any atom is -0.381 e. The molecule has 88 valence electrons. The van der Waals surface area contributed by atoms with Gasteiger partial charge in [0, 0.05) is 13.2 Å². The minimum atomic E-state index is -0.314. The molecule has 0 saturated carbocycles. The molecule has 16 heavy (non-hydrogen) atoms. The first-order valence-corrected chi connectivity index (χ1v) is 5.51. The fraction of sp³-hybridized carbons (Fsp3) is 0.700. The molecule has 0 atom stereocenters. The van der Waals surface area contributed by atoms with Crippen LogP contribution < -0.4 is 5.32 Å². The highest BCUT2D eigenvalue weighted by Crippen LogP contribution is 2.34. The Balaban J connectivity index is 2.06. The minimum absolute atomic E-state index is 0.00931. The van der Waals surface area contributed by atoms with Gasteiger partial charge in [0.05, 0.1) is 5.41 Å². The average Bonchev–Trinajstić information content (AvgIpc) is 2.82. The van der Waals surface area contributed by atoms with Gasteiger partial charge in [-0.25, -0.2) is 5.10 Å². The fourth-order valence-corrected chi connectivity index (χ4v) is 2.01. The lowest BCUT2D eigenvalue weighted by atomic mass is 9.77. The number of aromatic amines is 1. The lowest BCUT2D eigenvalue weighted by Gasteiger charge is -2.34. The second kappa shape index (κ2) is 4.61. The van der Waals surface area contributed by atoms with Crippen molar-refractivity contribution in [3.05, 3.63) is 6.33 Å². The van der Waals surface area contributed by atoms with E-state index in [2.05, 4.69) is 20.5 Å². The molecule has 1 aliphatic heterocycles.